The molecule has 16 heavy (non-hydrogen) atoms. The summed E-state index contributed by atoms with van der Waals surface area (Å²) in [4.78, 5) is 14.5. The number of nitrogens with one attached hydrogen (secondary N) is 1. The van der Waals surface area contributed by atoms with Crippen LogP contribution < -0.4 is 5.32 Å². The van der Waals surface area contributed by atoms with Gasteiger partial charge in [-0.25, -0.2) is 4.79 Å². The Morgan fingerprint density at radius 2 is 2.31 bits per heavy atom. The molecule has 5 heteroatoms. The predicted octanol–water partition coefficient (Wildman–Crippen LogP) is 2.12. The van der Waals surface area contributed by atoms with Gasteiger partial charge in [-0.2, -0.15) is 4.98 Å². The van der Waals surface area contributed by atoms with Crippen molar-refractivity contribution in [2.75, 3.05) is 5.32 Å². The molecule has 0 amide bonds. The standard InChI is InChI=1S/C11H14N2O3/c14-9(15)7-6-16-10(12-7)13-8-5-11(8)3-1-2-4-11/h6,8H,1-5H2,(H,12,13)(H,14,15). The smallest absolute Gasteiger partial charge is 0.357 e. The Labute approximate surface area is 92.9 Å². The second kappa shape index (κ2) is 3.23. The molecule has 0 aromatic carbocycles. The zero-order chi connectivity index (χ0) is 11.2. The van der Waals surface area contributed by atoms with Gasteiger partial charge in [0.15, 0.2) is 5.69 Å². The first kappa shape index (κ1) is 9.69. The van der Waals surface area contributed by atoms with Crippen molar-refractivity contribution in [3.05, 3.63) is 12.0 Å². The summed E-state index contributed by atoms with van der Waals surface area (Å²) in [5.74, 6) is -1.05. The molecule has 0 radical (unpaired) electrons. The first-order valence-corrected chi connectivity index (χ1v) is 5.65. The Kier molecular flexibility index (Phi) is 1.96. The van der Waals surface area contributed by atoms with Crippen molar-refractivity contribution in [1.82, 2.24) is 4.98 Å². The van der Waals surface area contributed by atoms with Crippen LogP contribution in [0.25, 0.3) is 0 Å². The number of carbonyl (C=O) groups is 1. The van der Waals surface area contributed by atoms with Gasteiger partial charge in [0.05, 0.1) is 0 Å². The van der Waals surface area contributed by atoms with Gasteiger partial charge in [-0.1, -0.05) is 12.8 Å². The average molecular weight is 222 g/mol. The molecule has 2 fully saturated rings. The summed E-state index contributed by atoms with van der Waals surface area (Å²) in [6.45, 7) is 0. The van der Waals surface area contributed by atoms with Crippen LogP contribution in [0.5, 0.6) is 0 Å². The second-order valence-corrected chi connectivity index (χ2v) is 4.81. The molecule has 0 bridgehead atoms. The van der Waals surface area contributed by atoms with Crippen molar-refractivity contribution in [3.8, 4) is 0 Å². The fraction of sp³-hybridized carbons (Fsp3) is 0.636. The van der Waals surface area contributed by atoms with Crippen LogP contribution in [0.3, 0.4) is 0 Å². The van der Waals surface area contributed by atoms with E-state index in [0.717, 1.165) is 6.42 Å². The van der Waals surface area contributed by atoms with E-state index in [4.69, 9.17) is 9.52 Å². The number of oxazole rings is 1. The number of rotatable bonds is 3. The normalized spacial score (nSPS) is 25.9. The Morgan fingerprint density at radius 1 is 1.56 bits per heavy atom. The third kappa shape index (κ3) is 1.47. The van der Waals surface area contributed by atoms with Crippen LogP contribution in [-0.4, -0.2) is 22.1 Å². The minimum atomic E-state index is -1.05. The van der Waals surface area contributed by atoms with E-state index >= 15 is 0 Å². The Bertz CT molecular complexity index is 421. The van der Waals surface area contributed by atoms with Gasteiger partial charge in [0.25, 0.3) is 6.01 Å². The summed E-state index contributed by atoms with van der Waals surface area (Å²) in [5, 5.41) is 11.9. The minimum Gasteiger partial charge on any atom is -0.476 e. The zero-order valence-electron chi connectivity index (χ0n) is 8.90. The molecule has 0 saturated heterocycles. The predicted molar refractivity (Wildman–Crippen MR) is 56.4 cm³/mol. The van der Waals surface area contributed by atoms with Gasteiger partial charge in [0.1, 0.15) is 6.26 Å². The number of nitrogens with zero attached hydrogens (tertiary/aromatic N) is 1. The molecule has 1 unspecified atom stereocenters. The van der Waals surface area contributed by atoms with Crippen LogP contribution in [0.15, 0.2) is 10.7 Å². The molecule has 2 saturated carbocycles. The molecular formula is C11H14N2O3. The van der Waals surface area contributed by atoms with E-state index in [1.165, 1.54) is 31.9 Å². The van der Waals surface area contributed by atoms with E-state index in [0.29, 0.717) is 17.5 Å². The number of carboxylic acids is 1. The summed E-state index contributed by atoms with van der Waals surface area (Å²) in [5.41, 5.74) is 0.418. The Hall–Kier alpha value is -1.52. The monoisotopic (exact) mass is 222 g/mol. The summed E-state index contributed by atoms with van der Waals surface area (Å²) in [7, 11) is 0. The lowest BCUT2D eigenvalue weighted by Gasteiger charge is -2.07. The molecule has 1 spiro atoms. The average Bonchev–Trinajstić information content (AvgIpc) is 2.68. The summed E-state index contributed by atoms with van der Waals surface area (Å²) < 4.78 is 5.08. The van der Waals surface area contributed by atoms with Crippen molar-refractivity contribution < 1.29 is 14.3 Å². The number of hydrogen-bond donors (Lipinski definition) is 2. The fourth-order valence-corrected chi connectivity index (χ4v) is 2.77. The quantitative estimate of drug-likeness (QED) is 0.819. The van der Waals surface area contributed by atoms with Crippen LogP contribution in [0.2, 0.25) is 0 Å². The highest BCUT2D eigenvalue weighted by atomic mass is 16.4. The molecule has 1 atom stereocenters. The maximum absolute atomic E-state index is 10.6. The highest BCUT2D eigenvalue weighted by molar-refractivity contribution is 5.85. The van der Waals surface area contributed by atoms with Gasteiger partial charge < -0.3 is 14.8 Å². The minimum absolute atomic E-state index is 0.0383. The molecule has 5 nitrogen and oxygen atoms in total. The molecule has 0 aliphatic heterocycles. The number of hydrogen-bond acceptors (Lipinski definition) is 4. The van der Waals surface area contributed by atoms with Gasteiger partial charge in [-0.15, -0.1) is 0 Å². The molecule has 1 heterocycles. The first-order chi connectivity index (χ1) is 7.70. The second-order valence-electron chi connectivity index (χ2n) is 4.81. The van der Waals surface area contributed by atoms with Crippen molar-refractivity contribution in [2.45, 2.75) is 38.1 Å². The zero-order valence-corrected chi connectivity index (χ0v) is 8.90. The molecular weight excluding hydrogens is 208 g/mol. The molecule has 1 aromatic rings. The van der Waals surface area contributed by atoms with Crippen LogP contribution in [-0.2, 0) is 0 Å². The summed E-state index contributed by atoms with van der Waals surface area (Å²) in [6.07, 6.45) is 7.51. The van der Waals surface area contributed by atoms with E-state index in [9.17, 15) is 4.79 Å². The Morgan fingerprint density at radius 3 is 2.94 bits per heavy atom. The van der Waals surface area contributed by atoms with Crippen LogP contribution in [0.4, 0.5) is 6.01 Å². The van der Waals surface area contributed by atoms with Crippen LogP contribution in [0, 0.1) is 5.41 Å². The molecule has 2 N–H and O–H groups in total. The maximum Gasteiger partial charge on any atom is 0.357 e. The molecule has 1 aromatic heterocycles. The van der Waals surface area contributed by atoms with Gasteiger partial charge in [0, 0.05) is 6.04 Å². The molecule has 86 valence electrons. The number of aromatic carboxylic acids is 1. The SMILES string of the molecule is O=C(O)c1coc(NC2CC23CCCC3)n1. The lowest BCUT2D eigenvalue weighted by Crippen LogP contribution is -2.11. The van der Waals surface area contributed by atoms with Crippen molar-refractivity contribution in [3.63, 3.8) is 0 Å². The summed E-state index contributed by atoms with van der Waals surface area (Å²) >= 11 is 0. The fourth-order valence-electron chi connectivity index (χ4n) is 2.77. The number of carboxylic acid groups (broad SMARTS) is 1. The van der Waals surface area contributed by atoms with Gasteiger partial charge >= 0.3 is 5.97 Å². The van der Waals surface area contributed by atoms with Crippen LogP contribution >= 0.6 is 0 Å². The van der Waals surface area contributed by atoms with Crippen molar-refractivity contribution in [2.24, 2.45) is 5.41 Å². The maximum atomic E-state index is 10.6. The van der Waals surface area contributed by atoms with E-state index in [-0.39, 0.29) is 5.69 Å². The topological polar surface area (TPSA) is 75.4 Å². The number of anilines is 1. The lowest BCUT2D eigenvalue weighted by molar-refractivity contribution is 0.0690. The van der Waals surface area contributed by atoms with Crippen molar-refractivity contribution >= 4 is 12.0 Å². The molecule has 3 rings (SSSR count). The highest BCUT2D eigenvalue weighted by Crippen LogP contribution is 2.58. The van der Waals surface area contributed by atoms with E-state index in [2.05, 4.69) is 10.3 Å². The number of aromatic nitrogens is 1. The summed E-state index contributed by atoms with van der Waals surface area (Å²) in [6, 6.07) is 0.765. The third-order valence-electron chi connectivity index (χ3n) is 3.81. The van der Waals surface area contributed by atoms with Crippen molar-refractivity contribution in [1.29, 1.82) is 0 Å². The first-order valence-electron chi connectivity index (χ1n) is 5.65. The highest BCUT2D eigenvalue weighted by Gasteiger charge is 2.55. The van der Waals surface area contributed by atoms with Gasteiger partial charge in [-0.05, 0) is 24.7 Å². The third-order valence-corrected chi connectivity index (χ3v) is 3.81. The van der Waals surface area contributed by atoms with Gasteiger partial charge in [-0.3, -0.25) is 0 Å². The largest absolute Gasteiger partial charge is 0.476 e. The van der Waals surface area contributed by atoms with Crippen LogP contribution in [0.1, 0.15) is 42.6 Å². The molecule has 2 aliphatic carbocycles. The van der Waals surface area contributed by atoms with E-state index < -0.39 is 5.97 Å². The van der Waals surface area contributed by atoms with E-state index in [1.54, 1.807) is 0 Å². The molecule has 2 aliphatic rings. The lowest BCUT2D eigenvalue weighted by atomic mass is 10.1. The Balaban J connectivity index is 1.65. The van der Waals surface area contributed by atoms with Gasteiger partial charge in [0.2, 0.25) is 0 Å². The van der Waals surface area contributed by atoms with E-state index in [1.807, 2.05) is 0 Å².